The zero-order chi connectivity index (χ0) is 12.8. The highest BCUT2D eigenvalue weighted by Gasteiger charge is 2.10. The Labute approximate surface area is 102 Å². The fraction of sp³-hybridized carbons (Fsp3) is 0.462. The van der Waals surface area contributed by atoms with Crippen molar-refractivity contribution in [3.05, 3.63) is 24.3 Å². The van der Waals surface area contributed by atoms with Gasteiger partial charge in [0.05, 0.1) is 7.11 Å². The summed E-state index contributed by atoms with van der Waals surface area (Å²) < 4.78 is 5.04. The molecule has 1 aromatic rings. The molecule has 0 aromatic heterocycles. The number of hydrogen-bond donors (Lipinski definition) is 2. The highest BCUT2D eigenvalue weighted by atomic mass is 16.5. The molecule has 0 aliphatic heterocycles. The first-order valence-corrected chi connectivity index (χ1v) is 5.74. The molecule has 0 fully saturated rings. The first-order valence-electron chi connectivity index (χ1n) is 5.74. The van der Waals surface area contributed by atoms with Crippen LogP contribution in [-0.2, 0) is 0 Å². The van der Waals surface area contributed by atoms with E-state index in [1.807, 2.05) is 19.1 Å². The summed E-state index contributed by atoms with van der Waals surface area (Å²) in [7, 11) is 1.61. The van der Waals surface area contributed by atoms with E-state index in [1.54, 1.807) is 19.2 Å². The highest BCUT2D eigenvalue weighted by Crippen LogP contribution is 2.14. The molecule has 0 radical (unpaired) electrons. The molecule has 4 heteroatoms. The number of ether oxygens (including phenoxy) is 1. The molecule has 1 rings (SSSR count). The molecule has 4 nitrogen and oxygen atoms in total. The third-order valence-corrected chi connectivity index (χ3v) is 2.71. The van der Waals surface area contributed by atoms with Crippen LogP contribution in [0.1, 0.15) is 20.8 Å². The summed E-state index contributed by atoms with van der Waals surface area (Å²) in [6.07, 6.45) is 0. The minimum atomic E-state index is -0.184. The van der Waals surface area contributed by atoms with E-state index in [2.05, 4.69) is 24.5 Å². The van der Waals surface area contributed by atoms with Crippen LogP contribution in [0.25, 0.3) is 0 Å². The Balaban J connectivity index is 2.50. The Morgan fingerprint density at radius 2 is 1.76 bits per heavy atom. The van der Waals surface area contributed by atoms with Gasteiger partial charge in [-0.2, -0.15) is 0 Å². The average Bonchev–Trinajstić information content (AvgIpc) is 2.29. The second kappa shape index (κ2) is 6.13. The Hall–Kier alpha value is -1.71. The molecular weight excluding hydrogens is 216 g/mol. The van der Waals surface area contributed by atoms with Gasteiger partial charge in [0.25, 0.3) is 0 Å². The van der Waals surface area contributed by atoms with Crippen molar-refractivity contribution in [1.82, 2.24) is 5.32 Å². The Morgan fingerprint density at radius 3 is 2.24 bits per heavy atom. The van der Waals surface area contributed by atoms with Gasteiger partial charge in [-0.05, 0) is 37.1 Å². The van der Waals surface area contributed by atoms with E-state index in [4.69, 9.17) is 4.74 Å². The van der Waals surface area contributed by atoms with E-state index in [9.17, 15) is 4.79 Å². The van der Waals surface area contributed by atoms with Gasteiger partial charge >= 0.3 is 6.03 Å². The lowest BCUT2D eigenvalue weighted by Crippen LogP contribution is -2.38. The van der Waals surface area contributed by atoms with Crippen LogP contribution in [-0.4, -0.2) is 19.2 Å². The van der Waals surface area contributed by atoms with E-state index in [-0.39, 0.29) is 12.1 Å². The maximum absolute atomic E-state index is 11.6. The van der Waals surface area contributed by atoms with Crippen molar-refractivity contribution in [2.24, 2.45) is 5.92 Å². The molecule has 1 atom stereocenters. The number of amides is 2. The summed E-state index contributed by atoms with van der Waals surface area (Å²) in [6.45, 7) is 6.12. The fourth-order valence-electron chi connectivity index (χ4n) is 1.21. The van der Waals surface area contributed by atoms with Crippen molar-refractivity contribution < 1.29 is 9.53 Å². The maximum atomic E-state index is 11.6. The largest absolute Gasteiger partial charge is 0.497 e. The minimum absolute atomic E-state index is 0.147. The normalized spacial score (nSPS) is 12.1. The zero-order valence-corrected chi connectivity index (χ0v) is 10.8. The number of hydrogen-bond acceptors (Lipinski definition) is 2. The summed E-state index contributed by atoms with van der Waals surface area (Å²) in [5, 5.41) is 5.65. The molecule has 2 amide bonds. The molecule has 94 valence electrons. The third kappa shape index (κ3) is 4.34. The lowest BCUT2D eigenvalue weighted by molar-refractivity contribution is 0.246. The van der Waals surface area contributed by atoms with E-state index in [0.717, 1.165) is 11.4 Å². The van der Waals surface area contributed by atoms with E-state index < -0.39 is 0 Å². The van der Waals surface area contributed by atoms with Crippen molar-refractivity contribution in [3.8, 4) is 5.75 Å². The number of benzene rings is 1. The molecule has 0 aliphatic carbocycles. The van der Waals surface area contributed by atoms with Gasteiger partial charge in [-0.15, -0.1) is 0 Å². The van der Waals surface area contributed by atoms with Crippen LogP contribution in [0.2, 0.25) is 0 Å². The van der Waals surface area contributed by atoms with Gasteiger partial charge in [0.15, 0.2) is 0 Å². The van der Waals surface area contributed by atoms with Crippen LogP contribution < -0.4 is 15.4 Å². The number of methoxy groups -OCH3 is 1. The summed E-state index contributed by atoms with van der Waals surface area (Å²) in [6, 6.07) is 7.18. The molecule has 2 N–H and O–H groups in total. The topological polar surface area (TPSA) is 50.4 Å². The van der Waals surface area contributed by atoms with Crippen molar-refractivity contribution >= 4 is 11.7 Å². The van der Waals surface area contributed by atoms with Crippen molar-refractivity contribution in [2.45, 2.75) is 26.8 Å². The summed E-state index contributed by atoms with van der Waals surface area (Å²) in [4.78, 5) is 11.6. The predicted octanol–water partition coefficient (Wildman–Crippen LogP) is 2.86. The van der Waals surface area contributed by atoms with E-state index in [0.29, 0.717) is 5.92 Å². The number of rotatable bonds is 4. The molecule has 1 aromatic carbocycles. The summed E-state index contributed by atoms with van der Waals surface area (Å²) in [5.41, 5.74) is 0.749. The molecule has 0 bridgehead atoms. The van der Waals surface area contributed by atoms with Crippen LogP contribution >= 0.6 is 0 Å². The highest BCUT2D eigenvalue weighted by molar-refractivity contribution is 5.89. The molecule has 0 spiro atoms. The van der Waals surface area contributed by atoms with Crippen LogP contribution in [0.3, 0.4) is 0 Å². The predicted molar refractivity (Wildman–Crippen MR) is 69.4 cm³/mol. The second-order valence-electron chi connectivity index (χ2n) is 4.36. The number of carbonyl (C=O) groups is 1. The van der Waals surface area contributed by atoms with Crippen molar-refractivity contribution in [2.75, 3.05) is 12.4 Å². The Bertz CT molecular complexity index is 360. The first kappa shape index (κ1) is 13.4. The summed E-state index contributed by atoms with van der Waals surface area (Å²) in [5.74, 6) is 1.18. The van der Waals surface area contributed by atoms with Gasteiger partial charge in [-0.25, -0.2) is 4.79 Å². The molecule has 1 unspecified atom stereocenters. The van der Waals surface area contributed by atoms with Gasteiger partial charge in [0, 0.05) is 11.7 Å². The van der Waals surface area contributed by atoms with Gasteiger partial charge in [-0.3, -0.25) is 0 Å². The van der Waals surface area contributed by atoms with Gasteiger partial charge in [0.1, 0.15) is 5.75 Å². The molecule has 0 saturated carbocycles. The van der Waals surface area contributed by atoms with E-state index in [1.165, 1.54) is 0 Å². The van der Waals surface area contributed by atoms with Gasteiger partial charge in [-0.1, -0.05) is 13.8 Å². The molecule has 17 heavy (non-hydrogen) atoms. The zero-order valence-electron chi connectivity index (χ0n) is 10.8. The van der Waals surface area contributed by atoms with Crippen LogP contribution in [0, 0.1) is 5.92 Å². The minimum Gasteiger partial charge on any atom is -0.497 e. The monoisotopic (exact) mass is 236 g/mol. The summed E-state index contributed by atoms with van der Waals surface area (Å²) >= 11 is 0. The smallest absolute Gasteiger partial charge is 0.319 e. The molecule has 0 saturated heterocycles. The van der Waals surface area contributed by atoms with Crippen LogP contribution in [0.15, 0.2) is 24.3 Å². The Kier molecular flexibility index (Phi) is 4.82. The van der Waals surface area contributed by atoms with Crippen molar-refractivity contribution in [3.63, 3.8) is 0 Å². The lowest BCUT2D eigenvalue weighted by Gasteiger charge is -2.17. The average molecular weight is 236 g/mol. The maximum Gasteiger partial charge on any atom is 0.319 e. The number of urea groups is 1. The number of nitrogens with one attached hydrogen (secondary N) is 2. The number of anilines is 1. The van der Waals surface area contributed by atoms with Crippen molar-refractivity contribution in [1.29, 1.82) is 0 Å². The third-order valence-electron chi connectivity index (χ3n) is 2.71. The van der Waals surface area contributed by atoms with Gasteiger partial charge in [0.2, 0.25) is 0 Å². The van der Waals surface area contributed by atoms with Crippen LogP contribution in [0.4, 0.5) is 10.5 Å². The van der Waals surface area contributed by atoms with E-state index >= 15 is 0 Å². The second-order valence-corrected chi connectivity index (χ2v) is 4.36. The Morgan fingerprint density at radius 1 is 1.18 bits per heavy atom. The molecular formula is C13H20N2O2. The first-order chi connectivity index (χ1) is 8.02. The number of carbonyl (C=O) groups excluding carboxylic acids is 1. The quantitative estimate of drug-likeness (QED) is 0.844. The SMILES string of the molecule is COc1ccc(NC(=O)NC(C)C(C)C)cc1. The van der Waals surface area contributed by atoms with Crippen LogP contribution in [0.5, 0.6) is 5.75 Å². The fourth-order valence-corrected chi connectivity index (χ4v) is 1.21. The molecule has 0 heterocycles. The molecule has 0 aliphatic rings. The lowest BCUT2D eigenvalue weighted by atomic mass is 10.1. The standard InChI is InChI=1S/C13H20N2O2/c1-9(2)10(3)14-13(16)15-11-5-7-12(17-4)8-6-11/h5-10H,1-4H3,(H2,14,15,16). The van der Waals surface area contributed by atoms with Gasteiger partial charge < -0.3 is 15.4 Å².